The number of rotatable bonds is 4. The molecule has 2 aromatic heterocycles. The molecule has 9 heteroatoms. The molecule has 2 fully saturated rings. The Morgan fingerprint density at radius 3 is 2.48 bits per heavy atom. The summed E-state index contributed by atoms with van der Waals surface area (Å²) in [4.78, 5) is 11.9. The molecule has 1 unspecified atom stereocenters. The van der Waals surface area contributed by atoms with Gasteiger partial charge in [0.2, 0.25) is 0 Å². The maximum absolute atomic E-state index is 16.5. The van der Waals surface area contributed by atoms with Crippen molar-refractivity contribution in [2.45, 2.75) is 71.1 Å². The lowest BCUT2D eigenvalue weighted by atomic mass is 9.73. The Labute approximate surface area is 254 Å². The molecule has 1 saturated carbocycles. The van der Waals surface area contributed by atoms with E-state index >= 15 is 4.39 Å². The van der Waals surface area contributed by atoms with Crippen LogP contribution >= 0.6 is 22.9 Å². The van der Waals surface area contributed by atoms with Crippen molar-refractivity contribution in [3.63, 3.8) is 0 Å². The summed E-state index contributed by atoms with van der Waals surface area (Å²) in [6, 6.07) is 4.86. The van der Waals surface area contributed by atoms with Gasteiger partial charge in [0.1, 0.15) is 28.2 Å². The van der Waals surface area contributed by atoms with Crippen molar-refractivity contribution in [1.82, 2.24) is 14.9 Å². The van der Waals surface area contributed by atoms with Crippen molar-refractivity contribution in [3.05, 3.63) is 51.4 Å². The minimum atomic E-state index is -0.552. The molecule has 3 aliphatic rings. The van der Waals surface area contributed by atoms with Crippen LogP contribution in [0.2, 0.25) is 5.02 Å². The number of nitriles is 1. The fraction of sp³-hybridized carbons (Fsp3) is 0.485. The van der Waals surface area contributed by atoms with E-state index in [9.17, 15) is 9.65 Å². The van der Waals surface area contributed by atoms with Crippen LogP contribution in [-0.2, 0) is 19.3 Å². The van der Waals surface area contributed by atoms with Crippen molar-refractivity contribution >= 4 is 48.9 Å². The fourth-order valence-electron chi connectivity index (χ4n) is 6.84. The summed E-state index contributed by atoms with van der Waals surface area (Å²) in [5.74, 6) is 0.740. The summed E-state index contributed by atoms with van der Waals surface area (Å²) < 4.78 is 31.5. The highest BCUT2D eigenvalue weighted by Crippen LogP contribution is 2.48. The minimum Gasteiger partial charge on any atom is -0.389 e. The Balaban J connectivity index is 0.000000470. The number of likely N-dealkylation sites (tertiary alicyclic amines) is 1. The highest BCUT2D eigenvalue weighted by atomic mass is 35.5. The average Bonchev–Trinajstić information content (AvgIpc) is 3.50. The summed E-state index contributed by atoms with van der Waals surface area (Å²) >= 11 is 8.02. The number of nitrogens with zero attached hydrogens (tertiary/aromatic N) is 4. The van der Waals surface area contributed by atoms with E-state index in [-0.39, 0.29) is 26.3 Å². The van der Waals surface area contributed by atoms with Crippen molar-refractivity contribution in [3.8, 4) is 17.2 Å². The van der Waals surface area contributed by atoms with Crippen molar-refractivity contribution in [2.24, 2.45) is 11.8 Å². The first kappa shape index (κ1) is 29.2. The van der Waals surface area contributed by atoms with E-state index in [1.807, 2.05) is 0 Å². The molecule has 3 heterocycles. The molecule has 0 amide bonds. The molecule has 1 saturated heterocycles. The van der Waals surface area contributed by atoms with Gasteiger partial charge in [-0.15, -0.1) is 11.3 Å². The Morgan fingerprint density at radius 1 is 1.10 bits per heavy atom. The monoisotopic (exact) mass is 607 g/mol. The highest BCUT2D eigenvalue weighted by molar-refractivity contribution is 7.23. The van der Waals surface area contributed by atoms with Crippen molar-refractivity contribution in [1.29, 1.82) is 5.26 Å². The van der Waals surface area contributed by atoms with Crippen LogP contribution in [0.4, 0.5) is 13.8 Å². The molecule has 7 rings (SSSR count). The predicted molar refractivity (Wildman–Crippen MR) is 168 cm³/mol. The fourth-order valence-corrected chi connectivity index (χ4v) is 8.16. The third-order valence-electron chi connectivity index (χ3n) is 9.28. The number of anilines is 1. The highest BCUT2D eigenvalue weighted by Gasteiger charge is 2.34. The van der Waals surface area contributed by atoms with Crippen LogP contribution < -0.4 is 5.73 Å². The van der Waals surface area contributed by atoms with Gasteiger partial charge in [0, 0.05) is 22.8 Å². The van der Waals surface area contributed by atoms with Gasteiger partial charge >= 0.3 is 0 Å². The first-order chi connectivity index (χ1) is 20.3. The SMILES string of the molecule is CCCc1nc2c3c(c(Cl)c(-c4ccc(F)c5sc(N)c(C#N)c45)c(F)c3n1)CCC(C1CCC1)C2.CN1CCCC1. The molecule has 0 bridgehead atoms. The summed E-state index contributed by atoms with van der Waals surface area (Å²) in [6.07, 6.45) is 10.5. The van der Waals surface area contributed by atoms with Gasteiger partial charge in [-0.1, -0.05) is 43.9 Å². The molecular weight excluding hydrogens is 572 g/mol. The van der Waals surface area contributed by atoms with Gasteiger partial charge < -0.3 is 10.6 Å². The standard InChI is InChI=1S/C28H25ClF2N4S.C5H11N/c1-2-4-20-34-19-11-14(13-5-3-6-13)7-8-16-22(19)26(35-20)25(31)23(24(16)29)15-9-10-18(30)27-21(15)17(12-32)28(33)36-27;1-6-4-2-3-5-6/h9-10,13-14H,2-8,11,33H2,1H3;2-5H2,1H3. The topological polar surface area (TPSA) is 78.8 Å². The lowest BCUT2D eigenvalue weighted by molar-refractivity contribution is 0.195. The van der Waals surface area contributed by atoms with Crippen molar-refractivity contribution < 1.29 is 8.78 Å². The van der Waals surface area contributed by atoms with Gasteiger partial charge in [0.15, 0.2) is 5.82 Å². The second-order valence-electron chi connectivity index (χ2n) is 12.0. The quantitative estimate of drug-likeness (QED) is 0.252. The summed E-state index contributed by atoms with van der Waals surface area (Å²) in [5, 5.41) is 11.3. The summed E-state index contributed by atoms with van der Waals surface area (Å²) in [7, 11) is 2.17. The van der Waals surface area contributed by atoms with E-state index in [0.29, 0.717) is 46.5 Å². The van der Waals surface area contributed by atoms with Crippen LogP contribution in [0.3, 0.4) is 0 Å². The van der Waals surface area contributed by atoms with E-state index in [0.717, 1.165) is 47.2 Å². The van der Waals surface area contributed by atoms with Crippen LogP contribution in [0, 0.1) is 34.8 Å². The number of benzene rings is 2. The summed E-state index contributed by atoms with van der Waals surface area (Å²) in [6.45, 7) is 4.69. The van der Waals surface area contributed by atoms with Gasteiger partial charge in [-0.25, -0.2) is 18.7 Å². The molecular formula is C33H36ClF2N5S. The van der Waals surface area contributed by atoms with Crippen LogP contribution in [0.1, 0.15) is 74.5 Å². The van der Waals surface area contributed by atoms with Gasteiger partial charge in [-0.05, 0) is 87.7 Å². The molecule has 5 nitrogen and oxygen atoms in total. The Morgan fingerprint density at radius 2 is 1.86 bits per heavy atom. The molecule has 4 aromatic rings. The molecule has 2 aromatic carbocycles. The molecule has 0 radical (unpaired) electrons. The number of nitrogens with two attached hydrogens (primary N) is 1. The Hall–Kier alpha value is -2.86. The zero-order valence-electron chi connectivity index (χ0n) is 24.2. The first-order valence-electron chi connectivity index (χ1n) is 15.1. The second kappa shape index (κ2) is 12.0. The predicted octanol–water partition coefficient (Wildman–Crippen LogP) is 8.47. The van der Waals surface area contributed by atoms with E-state index in [1.165, 1.54) is 57.3 Å². The smallest absolute Gasteiger partial charge is 0.158 e. The number of thiophene rings is 1. The van der Waals surface area contributed by atoms with E-state index in [2.05, 4.69) is 29.9 Å². The maximum Gasteiger partial charge on any atom is 0.158 e. The second-order valence-corrected chi connectivity index (χ2v) is 13.4. The zero-order chi connectivity index (χ0) is 29.5. The van der Waals surface area contributed by atoms with Gasteiger partial charge in [0.25, 0.3) is 0 Å². The molecule has 0 spiro atoms. The van der Waals surface area contributed by atoms with E-state index < -0.39 is 11.6 Å². The third-order valence-corrected chi connectivity index (χ3v) is 10.7. The largest absolute Gasteiger partial charge is 0.389 e. The Kier molecular flexibility index (Phi) is 8.37. The lowest BCUT2D eigenvalue weighted by Gasteiger charge is -2.33. The molecule has 42 heavy (non-hydrogen) atoms. The normalized spacial score (nSPS) is 18.9. The summed E-state index contributed by atoms with van der Waals surface area (Å²) in [5.41, 5.74) is 8.73. The molecule has 1 aliphatic heterocycles. The van der Waals surface area contributed by atoms with E-state index in [4.69, 9.17) is 22.3 Å². The third kappa shape index (κ3) is 5.14. The number of halogens is 3. The number of nitrogen functional groups attached to an aromatic ring is 1. The van der Waals surface area contributed by atoms with Gasteiger partial charge in [-0.3, -0.25) is 0 Å². The van der Waals surface area contributed by atoms with Crippen LogP contribution in [0.5, 0.6) is 0 Å². The molecule has 1 atom stereocenters. The van der Waals surface area contributed by atoms with Crippen LogP contribution in [0.15, 0.2) is 12.1 Å². The average molecular weight is 608 g/mol. The number of aryl methyl sites for hydroxylation is 2. The molecule has 2 N–H and O–H groups in total. The number of aromatic nitrogens is 2. The first-order valence-corrected chi connectivity index (χ1v) is 16.3. The molecule has 2 aliphatic carbocycles. The maximum atomic E-state index is 16.5. The van der Waals surface area contributed by atoms with E-state index in [1.54, 1.807) is 0 Å². The van der Waals surface area contributed by atoms with Crippen LogP contribution in [-0.4, -0.2) is 35.0 Å². The number of fused-ring (bicyclic) bond motifs is 1. The van der Waals surface area contributed by atoms with Crippen molar-refractivity contribution in [2.75, 3.05) is 25.9 Å². The molecule has 220 valence electrons. The Bertz CT molecular complexity index is 1700. The van der Waals surface area contributed by atoms with Crippen LogP contribution in [0.25, 0.3) is 32.1 Å². The lowest BCUT2D eigenvalue weighted by Crippen LogP contribution is -2.24. The number of hydrogen-bond donors (Lipinski definition) is 1. The van der Waals surface area contributed by atoms with Gasteiger partial charge in [0.05, 0.1) is 21.0 Å². The zero-order valence-corrected chi connectivity index (χ0v) is 25.8. The number of hydrogen-bond acceptors (Lipinski definition) is 6. The minimum absolute atomic E-state index is 0.144. The van der Waals surface area contributed by atoms with Gasteiger partial charge in [-0.2, -0.15) is 5.26 Å².